The number of para-hydroxylation sites is 2. The molecule has 0 N–H and O–H groups in total. The normalized spacial score (nSPS) is 12.4. The molecule has 3 heteroatoms. The van der Waals surface area contributed by atoms with Crippen molar-refractivity contribution in [2.24, 2.45) is 0 Å². The SMILES string of the molecule is CC(C)(C)c1ccc2c(c1)c1ccccc1n2-c1ccc(-c2ccc(-n3c4ccccc4c4cc5c(cc43)sc3ccccc35)cc2)cc1. The highest BCUT2D eigenvalue weighted by atomic mass is 32.1. The highest BCUT2D eigenvalue weighted by Gasteiger charge is 2.19. The second-order valence-corrected chi connectivity index (χ2v) is 15.3. The molecule has 0 unspecified atom stereocenters. The van der Waals surface area contributed by atoms with Crippen LogP contribution in [0.2, 0.25) is 0 Å². The smallest absolute Gasteiger partial charge is 0.0555 e. The predicted octanol–water partition coefficient (Wildman–Crippen LogP) is 13.2. The van der Waals surface area contributed by atoms with Gasteiger partial charge in [-0.05, 0) is 88.8 Å². The van der Waals surface area contributed by atoms with Crippen LogP contribution in [0.25, 0.3) is 86.3 Å². The molecule has 10 rings (SSSR count). The van der Waals surface area contributed by atoms with Gasteiger partial charge in [-0.2, -0.15) is 0 Å². The molecule has 49 heavy (non-hydrogen) atoms. The Kier molecular flexibility index (Phi) is 6.04. The molecule has 0 aliphatic rings. The standard InChI is InChI=1S/C46H34N2S/c1-46(2,3)31-20-25-42-37(26-31)34-10-4-7-13-40(34)47(42)32-21-16-29(17-22-32)30-18-23-33(24-19-30)48-41-14-8-5-11-35(41)38-27-39-36-12-6-9-15-44(36)49-45(39)28-43(38)48/h4-28H,1-3H3. The summed E-state index contributed by atoms with van der Waals surface area (Å²) in [5.41, 5.74) is 11.2. The van der Waals surface area contributed by atoms with Gasteiger partial charge in [0.1, 0.15) is 0 Å². The van der Waals surface area contributed by atoms with Gasteiger partial charge in [0.15, 0.2) is 0 Å². The number of fused-ring (bicyclic) bond motifs is 9. The van der Waals surface area contributed by atoms with Gasteiger partial charge in [-0.1, -0.05) is 106 Å². The van der Waals surface area contributed by atoms with Crippen LogP contribution in [0.5, 0.6) is 0 Å². The van der Waals surface area contributed by atoms with Gasteiger partial charge in [-0.3, -0.25) is 0 Å². The lowest BCUT2D eigenvalue weighted by molar-refractivity contribution is 0.591. The fraction of sp³-hybridized carbons (Fsp3) is 0.0870. The van der Waals surface area contributed by atoms with E-state index in [1.807, 2.05) is 11.3 Å². The zero-order valence-electron chi connectivity index (χ0n) is 27.7. The molecule has 0 fully saturated rings. The third kappa shape index (κ3) is 4.32. The van der Waals surface area contributed by atoms with Crippen LogP contribution in [0.15, 0.2) is 152 Å². The first-order valence-electron chi connectivity index (χ1n) is 17.0. The maximum absolute atomic E-state index is 2.43. The fourth-order valence-corrected chi connectivity index (χ4v) is 8.91. The Bertz CT molecular complexity index is 2890. The molecule has 7 aromatic carbocycles. The van der Waals surface area contributed by atoms with E-state index in [1.54, 1.807) is 0 Å². The van der Waals surface area contributed by atoms with Crippen molar-refractivity contribution in [2.45, 2.75) is 26.2 Å². The average Bonchev–Trinajstić information content (AvgIpc) is 3.77. The zero-order valence-corrected chi connectivity index (χ0v) is 28.6. The third-order valence-corrected chi connectivity index (χ3v) is 11.4. The number of nitrogens with zero attached hydrogens (tertiary/aromatic N) is 2. The van der Waals surface area contributed by atoms with Crippen molar-refractivity contribution in [2.75, 3.05) is 0 Å². The van der Waals surface area contributed by atoms with Crippen molar-refractivity contribution in [3.63, 3.8) is 0 Å². The minimum Gasteiger partial charge on any atom is -0.309 e. The maximum Gasteiger partial charge on any atom is 0.0555 e. The van der Waals surface area contributed by atoms with E-state index < -0.39 is 0 Å². The van der Waals surface area contributed by atoms with E-state index in [1.165, 1.54) is 91.8 Å². The molecule has 0 atom stereocenters. The summed E-state index contributed by atoms with van der Waals surface area (Å²) in [6.45, 7) is 6.85. The van der Waals surface area contributed by atoms with Gasteiger partial charge in [0.05, 0.1) is 22.1 Å². The van der Waals surface area contributed by atoms with E-state index in [2.05, 4.69) is 182 Å². The highest BCUT2D eigenvalue weighted by Crippen LogP contribution is 2.41. The lowest BCUT2D eigenvalue weighted by atomic mass is 9.86. The van der Waals surface area contributed by atoms with Crippen molar-refractivity contribution in [1.82, 2.24) is 9.13 Å². The maximum atomic E-state index is 2.43. The van der Waals surface area contributed by atoms with E-state index in [-0.39, 0.29) is 5.41 Å². The molecule has 234 valence electrons. The molecule has 10 aromatic rings. The minimum atomic E-state index is 0.0990. The van der Waals surface area contributed by atoms with E-state index in [0.29, 0.717) is 0 Å². The third-order valence-electron chi connectivity index (χ3n) is 10.3. The predicted molar refractivity (Wildman–Crippen MR) is 212 cm³/mol. The largest absolute Gasteiger partial charge is 0.309 e. The number of benzene rings is 7. The second-order valence-electron chi connectivity index (χ2n) is 14.2. The zero-order chi connectivity index (χ0) is 32.9. The summed E-state index contributed by atoms with van der Waals surface area (Å²) in [4.78, 5) is 0. The van der Waals surface area contributed by atoms with Crippen LogP contribution >= 0.6 is 11.3 Å². The summed E-state index contributed by atoms with van der Waals surface area (Å²) in [6, 6.07) is 56.2. The molecule has 0 aliphatic heterocycles. The number of thiophene rings is 1. The quantitative estimate of drug-likeness (QED) is 0.181. The van der Waals surface area contributed by atoms with Crippen LogP contribution in [0.4, 0.5) is 0 Å². The molecule has 0 aliphatic carbocycles. The molecular formula is C46H34N2S. The van der Waals surface area contributed by atoms with E-state index in [4.69, 9.17) is 0 Å². The molecule has 3 heterocycles. The van der Waals surface area contributed by atoms with Crippen molar-refractivity contribution in [1.29, 1.82) is 0 Å². The van der Waals surface area contributed by atoms with Gasteiger partial charge in [0.2, 0.25) is 0 Å². The Hall–Kier alpha value is -5.64. The molecule has 0 saturated carbocycles. The van der Waals surface area contributed by atoms with Crippen LogP contribution in [-0.2, 0) is 5.41 Å². The molecular weight excluding hydrogens is 613 g/mol. The van der Waals surface area contributed by atoms with Crippen molar-refractivity contribution >= 4 is 75.1 Å². The Morgan fingerprint density at radius 2 is 0.898 bits per heavy atom. The molecule has 0 bridgehead atoms. The number of hydrogen-bond donors (Lipinski definition) is 0. The van der Waals surface area contributed by atoms with Crippen LogP contribution < -0.4 is 0 Å². The summed E-state index contributed by atoms with van der Waals surface area (Å²) >= 11 is 1.88. The Morgan fingerprint density at radius 1 is 0.388 bits per heavy atom. The molecule has 3 aromatic heterocycles. The fourth-order valence-electron chi connectivity index (χ4n) is 7.79. The van der Waals surface area contributed by atoms with Crippen LogP contribution in [0.1, 0.15) is 26.3 Å². The first-order valence-corrected chi connectivity index (χ1v) is 17.8. The van der Waals surface area contributed by atoms with E-state index in [0.717, 1.165) is 0 Å². The summed E-state index contributed by atoms with van der Waals surface area (Å²) < 4.78 is 7.49. The first kappa shape index (κ1) is 28.4. The number of rotatable bonds is 3. The molecule has 0 amide bonds. The van der Waals surface area contributed by atoms with Gasteiger partial charge in [-0.15, -0.1) is 11.3 Å². The van der Waals surface area contributed by atoms with Crippen LogP contribution in [0.3, 0.4) is 0 Å². The average molecular weight is 647 g/mol. The van der Waals surface area contributed by atoms with Crippen molar-refractivity contribution < 1.29 is 0 Å². The minimum absolute atomic E-state index is 0.0990. The number of aromatic nitrogens is 2. The van der Waals surface area contributed by atoms with E-state index in [9.17, 15) is 0 Å². The van der Waals surface area contributed by atoms with Gasteiger partial charge < -0.3 is 9.13 Å². The Balaban J connectivity index is 1.05. The first-order chi connectivity index (χ1) is 23.9. The topological polar surface area (TPSA) is 9.86 Å². The molecule has 0 radical (unpaired) electrons. The van der Waals surface area contributed by atoms with E-state index >= 15 is 0 Å². The summed E-state index contributed by atoms with van der Waals surface area (Å²) in [6.07, 6.45) is 0. The second kappa shape index (κ2) is 10.4. The van der Waals surface area contributed by atoms with Gasteiger partial charge in [0.25, 0.3) is 0 Å². The summed E-state index contributed by atoms with van der Waals surface area (Å²) in [5, 5.41) is 7.86. The Labute approximate surface area is 289 Å². The molecule has 0 spiro atoms. The summed E-state index contributed by atoms with van der Waals surface area (Å²) in [7, 11) is 0. The van der Waals surface area contributed by atoms with Crippen LogP contribution in [-0.4, -0.2) is 9.13 Å². The molecule has 2 nitrogen and oxygen atoms in total. The summed E-state index contributed by atoms with van der Waals surface area (Å²) in [5.74, 6) is 0. The van der Waals surface area contributed by atoms with Crippen molar-refractivity contribution in [3.05, 3.63) is 157 Å². The van der Waals surface area contributed by atoms with Crippen molar-refractivity contribution in [3.8, 4) is 22.5 Å². The Morgan fingerprint density at radius 3 is 1.51 bits per heavy atom. The lowest BCUT2D eigenvalue weighted by Gasteiger charge is -2.19. The van der Waals surface area contributed by atoms with Crippen LogP contribution in [0, 0.1) is 0 Å². The van der Waals surface area contributed by atoms with Gasteiger partial charge in [-0.25, -0.2) is 0 Å². The monoisotopic (exact) mass is 646 g/mol. The number of hydrogen-bond acceptors (Lipinski definition) is 1. The van der Waals surface area contributed by atoms with Gasteiger partial charge in [0, 0.05) is 53.1 Å². The highest BCUT2D eigenvalue weighted by molar-refractivity contribution is 7.25. The van der Waals surface area contributed by atoms with Gasteiger partial charge >= 0.3 is 0 Å². The molecule has 0 saturated heterocycles. The lowest BCUT2D eigenvalue weighted by Crippen LogP contribution is -2.10.